The van der Waals surface area contributed by atoms with Crippen LogP contribution in [0.25, 0.3) is 0 Å². The van der Waals surface area contributed by atoms with Gasteiger partial charge in [-0.15, -0.1) is 11.8 Å². The van der Waals surface area contributed by atoms with Crippen LogP contribution >= 0.6 is 11.8 Å². The summed E-state index contributed by atoms with van der Waals surface area (Å²) in [5.74, 6) is 1.69. The molecular weight excluding hydrogens is 350 g/mol. The van der Waals surface area contributed by atoms with Crippen LogP contribution in [0.3, 0.4) is 0 Å². The predicted molar refractivity (Wildman–Crippen MR) is 103 cm³/mol. The molecule has 1 atom stereocenters. The van der Waals surface area contributed by atoms with Crippen molar-refractivity contribution in [2.24, 2.45) is 0 Å². The zero-order valence-electron chi connectivity index (χ0n) is 14.8. The third-order valence-electron chi connectivity index (χ3n) is 5.22. The first-order chi connectivity index (χ1) is 12.7. The minimum Gasteiger partial charge on any atom is -0.497 e. The molecule has 2 aliphatic rings. The van der Waals surface area contributed by atoms with Gasteiger partial charge in [0.2, 0.25) is 5.91 Å². The number of aromatic amines is 1. The summed E-state index contributed by atoms with van der Waals surface area (Å²) in [6.45, 7) is 0. The van der Waals surface area contributed by atoms with Crippen LogP contribution in [0.4, 0.5) is 5.82 Å². The van der Waals surface area contributed by atoms with E-state index >= 15 is 0 Å². The number of fused-ring (bicyclic) bond motifs is 1. The van der Waals surface area contributed by atoms with Gasteiger partial charge in [0.1, 0.15) is 11.6 Å². The highest BCUT2D eigenvalue weighted by molar-refractivity contribution is 8.00. The number of rotatable bonds is 3. The Bertz CT molecular complexity index is 850. The maximum Gasteiger partial charge on any atom is 0.270 e. The molecule has 2 N–H and O–H groups in total. The van der Waals surface area contributed by atoms with Gasteiger partial charge in [-0.3, -0.25) is 19.4 Å². The number of methoxy groups -OCH3 is 1. The fourth-order valence-electron chi connectivity index (χ4n) is 3.90. The molecule has 1 aliphatic carbocycles. The standard InChI is InChI=1S/C19H23N3O3S/c1-25-14-9-7-12(8-10-14)17-16-18(20-15(23)11-26-17)22(21-19(16)24)13-5-3-2-4-6-13/h7-10,13,17H,2-6,11H2,1H3,(H,20,23)(H,21,24)/t17-/m0/s1. The van der Waals surface area contributed by atoms with E-state index in [0.717, 1.165) is 37.0 Å². The number of thioether (sulfide) groups is 1. The van der Waals surface area contributed by atoms with Gasteiger partial charge in [-0.1, -0.05) is 31.4 Å². The average Bonchev–Trinajstić information content (AvgIpc) is 2.88. The molecule has 0 radical (unpaired) electrons. The molecule has 1 aliphatic heterocycles. The Morgan fingerprint density at radius 1 is 1.12 bits per heavy atom. The molecule has 0 bridgehead atoms. The van der Waals surface area contributed by atoms with Crippen LogP contribution < -0.4 is 15.6 Å². The Hall–Kier alpha value is -2.15. The lowest BCUT2D eigenvalue weighted by molar-refractivity contribution is -0.113. The molecule has 1 saturated carbocycles. The number of hydrogen-bond acceptors (Lipinski definition) is 4. The molecule has 6 nitrogen and oxygen atoms in total. The molecule has 1 fully saturated rings. The van der Waals surface area contributed by atoms with Crippen LogP contribution in [0, 0.1) is 0 Å². The van der Waals surface area contributed by atoms with Crippen molar-refractivity contribution in [2.75, 3.05) is 18.2 Å². The molecule has 0 unspecified atom stereocenters. The molecule has 138 valence electrons. The van der Waals surface area contributed by atoms with Crippen LogP contribution in [-0.2, 0) is 4.79 Å². The van der Waals surface area contributed by atoms with Crippen LogP contribution in [0.2, 0.25) is 0 Å². The molecule has 7 heteroatoms. The van der Waals surface area contributed by atoms with Crippen molar-refractivity contribution in [1.29, 1.82) is 0 Å². The number of nitrogens with zero attached hydrogens (tertiary/aromatic N) is 1. The molecule has 26 heavy (non-hydrogen) atoms. The predicted octanol–water partition coefficient (Wildman–Crippen LogP) is 3.46. The number of ether oxygens (including phenoxy) is 1. The number of nitrogens with one attached hydrogen (secondary N) is 2. The Balaban J connectivity index is 1.78. The second-order valence-electron chi connectivity index (χ2n) is 6.88. The Labute approximate surface area is 156 Å². The summed E-state index contributed by atoms with van der Waals surface area (Å²) in [6.07, 6.45) is 5.62. The summed E-state index contributed by atoms with van der Waals surface area (Å²) in [7, 11) is 1.63. The number of H-pyrrole nitrogens is 1. The van der Waals surface area contributed by atoms with Crippen molar-refractivity contribution in [3.63, 3.8) is 0 Å². The number of amides is 1. The van der Waals surface area contributed by atoms with Gasteiger partial charge >= 0.3 is 0 Å². The Kier molecular flexibility index (Phi) is 4.80. The lowest BCUT2D eigenvalue weighted by Gasteiger charge is -2.24. The normalized spacial score (nSPS) is 21.0. The van der Waals surface area contributed by atoms with Gasteiger partial charge < -0.3 is 10.1 Å². The second kappa shape index (κ2) is 7.23. The van der Waals surface area contributed by atoms with Crippen molar-refractivity contribution in [1.82, 2.24) is 9.78 Å². The van der Waals surface area contributed by atoms with Crippen LogP contribution in [0.15, 0.2) is 29.1 Å². The molecule has 2 aromatic rings. The number of benzene rings is 1. The smallest absolute Gasteiger partial charge is 0.270 e. The highest BCUT2D eigenvalue weighted by Gasteiger charge is 2.32. The fraction of sp³-hybridized carbons (Fsp3) is 0.474. The van der Waals surface area contributed by atoms with E-state index in [2.05, 4.69) is 10.4 Å². The molecule has 0 spiro atoms. The SMILES string of the molecule is COc1ccc([C@@H]2SCC(=O)Nc3c2c(=O)[nH]n3C2CCCCC2)cc1. The van der Waals surface area contributed by atoms with Crippen LogP contribution in [-0.4, -0.2) is 28.6 Å². The minimum absolute atomic E-state index is 0.0594. The van der Waals surface area contributed by atoms with Gasteiger partial charge in [-0.05, 0) is 30.5 Å². The zero-order valence-corrected chi connectivity index (χ0v) is 15.6. The lowest BCUT2D eigenvalue weighted by atomic mass is 9.95. The van der Waals surface area contributed by atoms with Gasteiger partial charge in [0, 0.05) is 0 Å². The zero-order chi connectivity index (χ0) is 18.1. The van der Waals surface area contributed by atoms with Crippen molar-refractivity contribution in [3.05, 3.63) is 45.7 Å². The van der Waals surface area contributed by atoms with E-state index in [1.165, 1.54) is 18.2 Å². The van der Waals surface area contributed by atoms with Crippen LogP contribution in [0.1, 0.15) is 54.5 Å². The monoisotopic (exact) mass is 373 g/mol. The highest BCUT2D eigenvalue weighted by atomic mass is 32.2. The first-order valence-electron chi connectivity index (χ1n) is 9.07. The topological polar surface area (TPSA) is 76.1 Å². The van der Waals surface area contributed by atoms with Crippen molar-refractivity contribution in [2.45, 2.75) is 43.4 Å². The third kappa shape index (κ3) is 3.16. The Morgan fingerprint density at radius 2 is 1.85 bits per heavy atom. The summed E-state index contributed by atoms with van der Waals surface area (Å²) in [6, 6.07) is 7.96. The van der Waals surface area contributed by atoms with Gasteiger partial charge in [-0.2, -0.15) is 0 Å². The maximum absolute atomic E-state index is 12.8. The van der Waals surface area contributed by atoms with Gasteiger partial charge in [-0.25, -0.2) is 0 Å². The summed E-state index contributed by atoms with van der Waals surface area (Å²) in [4.78, 5) is 25.1. The van der Waals surface area contributed by atoms with E-state index in [4.69, 9.17) is 4.74 Å². The molecule has 1 amide bonds. The van der Waals surface area contributed by atoms with E-state index in [9.17, 15) is 9.59 Å². The van der Waals surface area contributed by atoms with Gasteiger partial charge in [0.05, 0.1) is 29.7 Å². The molecule has 1 aromatic carbocycles. The number of aromatic nitrogens is 2. The number of carbonyl (C=O) groups excluding carboxylic acids is 1. The van der Waals surface area contributed by atoms with E-state index < -0.39 is 0 Å². The summed E-state index contributed by atoms with van der Waals surface area (Å²) < 4.78 is 7.14. The molecule has 2 heterocycles. The number of carbonyl (C=O) groups is 1. The molecule has 4 rings (SSSR count). The first kappa shape index (κ1) is 17.3. The van der Waals surface area contributed by atoms with Crippen molar-refractivity contribution in [3.8, 4) is 5.75 Å². The highest BCUT2D eigenvalue weighted by Crippen LogP contribution is 2.41. The maximum atomic E-state index is 12.8. The Morgan fingerprint density at radius 3 is 2.54 bits per heavy atom. The first-order valence-corrected chi connectivity index (χ1v) is 10.1. The summed E-state index contributed by atoms with van der Waals surface area (Å²) in [5, 5.41) is 5.81. The third-order valence-corrected chi connectivity index (χ3v) is 6.49. The number of anilines is 1. The van der Waals surface area contributed by atoms with E-state index in [1.54, 1.807) is 7.11 Å². The van der Waals surface area contributed by atoms with E-state index in [0.29, 0.717) is 17.1 Å². The molecular formula is C19H23N3O3S. The average molecular weight is 373 g/mol. The molecule has 0 saturated heterocycles. The lowest BCUT2D eigenvalue weighted by Crippen LogP contribution is -2.21. The quantitative estimate of drug-likeness (QED) is 0.864. The fourth-order valence-corrected chi connectivity index (χ4v) is 5.02. The van der Waals surface area contributed by atoms with E-state index in [1.807, 2.05) is 28.9 Å². The summed E-state index contributed by atoms with van der Waals surface area (Å²) in [5.41, 5.74) is 1.54. The van der Waals surface area contributed by atoms with Crippen molar-refractivity contribution < 1.29 is 9.53 Å². The minimum atomic E-state index is -0.177. The van der Waals surface area contributed by atoms with Gasteiger partial charge in [0.15, 0.2) is 0 Å². The summed E-state index contributed by atoms with van der Waals surface area (Å²) >= 11 is 1.49. The van der Waals surface area contributed by atoms with Crippen molar-refractivity contribution >= 4 is 23.5 Å². The van der Waals surface area contributed by atoms with Crippen LogP contribution in [0.5, 0.6) is 5.75 Å². The second-order valence-corrected chi connectivity index (χ2v) is 7.97. The van der Waals surface area contributed by atoms with E-state index in [-0.39, 0.29) is 22.8 Å². The molecule has 1 aromatic heterocycles. The van der Waals surface area contributed by atoms with Gasteiger partial charge in [0.25, 0.3) is 5.56 Å². The number of hydrogen-bond donors (Lipinski definition) is 2. The largest absolute Gasteiger partial charge is 0.497 e.